The number of benzene rings is 9. The fraction of sp³-hybridized carbons (Fsp3) is 0. The van der Waals surface area contributed by atoms with Crippen molar-refractivity contribution in [2.75, 3.05) is 9.80 Å². The van der Waals surface area contributed by atoms with Gasteiger partial charge in [0.25, 0.3) is 0 Å². The lowest BCUT2D eigenvalue weighted by Gasteiger charge is -2.27. The molecule has 0 heterocycles. The predicted molar refractivity (Wildman–Crippen MR) is 222 cm³/mol. The van der Waals surface area contributed by atoms with Crippen LogP contribution in [-0.2, 0) is 0 Å². The molecule has 2 heteroatoms. The van der Waals surface area contributed by atoms with Crippen LogP contribution in [0.5, 0.6) is 0 Å². The highest BCUT2D eigenvalue weighted by atomic mass is 15.1. The Morgan fingerprint density at radius 2 is 0.673 bits per heavy atom. The summed E-state index contributed by atoms with van der Waals surface area (Å²) < 4.78 is 0. The second-order valence-electron chi connectivity index (χ2n) is 13.0. The van der Waals surface area contributed by atoms with E-state index in [1.807, 2.05) is 0 Å². The molecule has 0 bridgehead atoms. The molecule has 0 aromatic heterocycles. The molecule has 0 aliphatic rings. The lowest BCUT2D eigenvalue weighted by Crippen LogP contribution is -2.10. The average molecular weight is 665 g/mol. The first-order chi connectivity index (χ1) is 25.8. The summed E-state index contributed by atoms with van der Waals surface area (Å²) in [6, 6.07) is 78.2. The predicted octanol–water partition coefficient (Wildman–Crippen LogP) is 14.3. The molecule has 0 radical (unpaired) electrons. The molecule has 0 unspecified atom stereocenters. The summed E-state index contributed by atoms with van der Waals surface area (Å²) >= 11 is 0. The summed E-state index contributed by atoms with van der Waals surface area (Å²) in [6.07, 6.45) is 0. The molecule has 0 N–H and O–H groups in total. The van der Waals surface area contributed by atoms with Gasteiger partial charge in [0.05, 0.1) is 5.69 Å². The molecule has 9 aromatic carbocycles. The van der Waals surface area contributed by atoms with Crippen molar-refractivity contribution < 1.29 is 0 Å². The van der Waals surface area contributed by atoms with Crippen molar-refractivity contribution in [3.8, 4) is 22.3 Å². The first kappa shape index (κ1) is 31.1. The summed E-state index contributed by atoms with van der Waals surface area (Å²) in [4.78, 5) is 4.67. The Morgan fingerprint density at radius 1 is 0.231 bits per heavy atom. The van der Waals surface area contributed by atoms with E-state index in [4.69, 9.17) is 0 Å². The molecule has 2 nitrogen and oxygen atoms in total. The van der Waals surface area contributed by atoms with Crippen molar-refractivity contribution in [3.05, 3.63) is 218 Å². The van der Waals surface area contributed by atoms with Crippen LogP contribution in [0.15, 0.2) is 218 Å². The van der Waals surface area contributed by atoms with Gasteiger partial charge in [-0.05, 0) is 117 Å². The molecule has 52 heavy (non-hydrogen) atoms. The van der Waals surface area contributed by atoms with Crippen molar-refractivity contribution in [2.24, 2.45) is 0 Å². The van der Waals surface area contributed by atoms with Crippen LogP contribution in [0.25, 0.3) is 43.8 Å². The average Bonchev–Trinajstić information content (AvgIpc) is 3.22. The van der Waals surface area contributed by atoms with Crippen molar-refractivity contribution in [1.82, 2.24) is 0 Å². The van der Waals surface area contributed by atoms with Gasteiger partial charge in [0.2, 0.25) is 0 Å². The number of hydrogen-bond donors (Lipinski definition) is 0. The zero-order valence-electron chi connectivity index (χ0n) is 28.7. The number of hydrogen-bond acceptors (Lipinski definition) is 2. The minimum Gasteiger partial charge on any atom is -0.311 e. The maximum absolute atomic E-state index is 2.38. The molecule has 0 fully saturated rings. The Hall–Kier alpha value is -6.90. The Balaban J connectivity index is 1.08. The molecule has 0 amide bonds. The SMILES string of the molecule is c1ccc(-c2ccc3cc(N(c4ccccc4)c4cccc5cc(-c6ccc(N(c7ccccc7)c7ccccc7)cc6)ccc45)ccc3c2)cc1. The van der Waals surface area contributed by atoms with Gasteiger partial charge in [-0.1, -0.05) is 140 Å². The molecule has 0 spiro atoms. The molecule has 0 aliphatic heterocycles. The Morgan fingerprint density at radius 3 is 1.31 bits per heavy atom. The van der Waals surface area contributed by atoms with Crippen LogP contribution < -0.4 is 9.80 Å². The molecule has 246 valence electrons. The van der Waals surface area contributed by atoms with E-state index in [0.717, 1.165) is 34.1 Å². The van der Waals surface area contributed by atoms with Gasteiger partial charge >= 0.3 is 0 Å². The third-order valence-electron chi connectivity index (χ3n) is 9.79. The molecular weight excluding hydrogens is 629 g/mol. The number of fused-ring (bicyclic) bond motifs is 2. The highest BCUT2D eigenvalue weighted by Crippen LogP contribution is 2.41. The normalized spacial score (nSPS) is 11.1. The molecule has 0 atom stereocenters. The van der Waals surface area contributed by atoms with Gasteiger partial charge in [-0.25, -0.2) is 0 Å². The maximum Gasteiger partial charge on any atom is 0.0540 e. The monoisotopic (exact) mass is 664 g/mol. The highest BCUT2D eigenvalue weighted by molar-refractivity contribution is 6.02. The van der Waals surface area contributed by atoms with Crippen molar-refractivity contribution in [1.29, 1.82) is 0 Å². The minimum absolute atomic E-state index is 1.12. The van der Waals surface area contributed by atoms with E-state index < -0.39 is 0 Å². The summed E-state index contributed by atoms with van der Waals surface area (Å²) in [7, 11) is 0. The van der Waals surface area contributed by atoms with Crippen LogP contribution >= 0.6 is 0 Å². The molecule has 9 rings (SSSR count). The van der Waals surface area contributed by atoms with Gasteiger partial charge in [0, 0.05) is 33.8 Å². The minimum atomic E-state index is 1.12. The van der Waals surface area contributed by atoms with Crippen molar-refractivity contribution in [2.45, 2.75) is 0 Å². The third-order valence-corrected chi connectivity index (χ3v) is 9.79. The van der Waals surface area contributed by atoms with Gasteiger partial charge in [0.15, 0.2) is 0 Å². The van der Waals surface area contributed by atoms with E-state index in [0.29, 0.717) is 0 Å². The zero-order valence-corrected chi connectivity index (χ0v) is 28.7. The van der Waals surface area contributed by atoms with Gasteiger partial charge in [0.1, 0.15) is 0 Å². The molecule has 9 aromatic rings. The summed E-state index contributed by atoms with van der Waals surface area (Å²) in [5.41, 5.74) is 11.6. The van der Waals surface area contributed by atoms with Crippen LogP contribution in [-0.4, -0.2) is 0 Å². The summed E-state index contributed by atoms with van der Waals surface area (Å²) in [5, 5.41) is 4.83. The molecule has 0 saturated heterocycles. The first-order valence-electron chi connectivity index (χ1n) is 17.8. The highest BCUT2D eigenvalue weighted by Gasteiger charge is 2.17. The topological polar surface area (TPSA) is 6.48 Å². The second kappa shape index (κ2) is 13.8. The van der Waals surface area contributed by atoms with E-state index >= 15 is 0 Å². The van der Waals surface area contributed by atoms with Crippen LogP contribution in [0.4, 0.5) is 34.1 Å². The quantitative estimate of drug-likeness (QED) is 0.159. The van der Waals surface area contributed by atoms with Crippen LogP contribution in [0.3, 0.4) is 0 Å². The number of para-hydroxylation sites is 3. The summed E-state index contributed by atoms with van der Waals surface area (Å²) in [5.74, 6) is 0. The van der Waals surface area contributed by atoms with E-state index in [9.17, 15) is 0 Å². The molecule has 0 saturated carbocycles. The largest absolute Gasteiger partial charge is 0.311 e. The lowest BCUT2D eigenvalue weighted by atomic mass is 9.98. The Kier molecular flexibility index (Phi) is 8.24. The van der Waals surface area contributed by atoms with E-state index in [1.165, 1.54) is 43.8 Å². The van der Waals surface area contributed by atoms with Crippen LogP contribution in [0.1, 0.15) is 0 Å². The van der Waals surface area contributed by atoms with E-state index in [-0.39, 0.29) is 0 Å². The van der Waals surface area contributed by atoms with E-state index in [1.54, 1.807) is 0 Å². The first-order valence-corrected chi connectivity index (χ1v) is 17.8. The lowest BCUT2D eigenvalue weighted by molar-refractivity contribution is 1.28. The van der Waals surface area contributed by atoms with Crippen LogP contribution in [0, 0.1) is 0 Å². The van der Waals surface area contributed by atoms with Crippen LogP contribution in [0.2, 0.25) is 0 Å². The maximum atomic E-state index is 2.38. The Bertz CT molecular complexity index is 2560. The number of nitrogens with zero attached hydrogens (tertiary/aromatic N) is 2. The molecular formula is C50H36N2. The fourth-order valence-corrected chi connectivity index (χ4v) is 7.23. The van der Waals surface area contributed by atoms with Gasteiger partial charge in [-0.15, -0.1) is 0 Å². The van der Waals surface area contributed by atoms with E-state index in [2.05, 4.69) is 228 Å². The summed E-state index contributed by atoms with van der Waals surface area (Å²) in [6.45, 7) is 0. The fourth-order valence-electron chi connectivity index (χ4n) is 7.23. The second-order valence-corrected chi connectivity index (χ2v) is 13.0. The zero-order chi connectivity index (χ0) is 34.7. The van der Waals surface area contributed by atoms with Gasteiger partial charge < -0.3 is 9.80 Å². The van der Waals surface area contributed by atoms with Gasteiger partial charge in [-0.2, -0.15) is 0 Å². The Labute approximate surface area is 305 Å². The standard InChI is InChI=1S/C50H36N2/c1-5-14-37(15-6-1)39-24-25-42-36-48(32-28-41(42)34-39)52(46-21-11-4-12-22-46)50-23-13-16-43-35-40(29-33-49(43)50)38-26-30-47(31-27-38)51(44-17-7-2-8-18-44)45-19-9-3-10-20-45/h1-36H. The number of rotatable bonds is 8. The van der Waals surface area contributed by atoms with Gasteiger partial charge in [-0.3, -0.25) is 0 Å². The van der Waals surface area contributed by atoms with Crippen molar-refractivity contribution in [3.63, 3.8) is 0 Å². The number of anilines is 6. The smallest absolute Gasteiger partial charge is 0.0540 e. The third kappa shape index (κ3) is 6.08. The molecule has 0 aliphatic carbocycles. The van der Waals surface area contributed by atoms with Crippen molar-refractivity contribution >= 4 is 55.7 Å².